The molecule has 2 amide bonds. The van der Waals surface area contributed by atoms with Gasteiger partial charge in [0.05, 0.1) is 5.54 Å². The summed E-state index contributed by atoms with van der Waals surface area (Å²) in [7, 11) is 0. The number of hydrogen-bond donors (Lipinski definition) is 2. The molecule has 3 heterocycles. The van der Waals surface area contributed by atoms with Crippen molar-refractivity contribution in [1.82, 2.24) is 19.8 Å². The van der Waals surface area contributed by atoms with Gasteiger partial charge in [-0.3, -0.25) is 4.79 Å². The molecule has 2 unspecified atom stereocenters. The third kappa shape index (κ3) is 7.12. The van der Waals surface area contributed by atoms with Gasteiger partial charge in [0.2, 0.25) is 17.5 Å². The Morgan fingerprint density at radius 1 is 1.08 bits per heavy atom. The molecular formula is C37H45F2N5O6. The second-order valence-electron chi connectivity index (χ2n) is 13.8. The van der Waals surface area contributed by atoms with E-state index in [1.165, 1.54) is 24.3 Å². The van der Waals surface area contributed by atoms with E-state index in [0.29, 0.717) is 73.8 Å². The van der Waals surface area contributed by atoms with Gasteiger partial charge in [0.15, 0.2) is 0 Å². The van der Waals surface area contributed by atoms with Crippen LogP contribution in [0.4, 0.5) is 25.1 Å². The molecule has 6 rings (SSSR count). The highest BCUT2D eigenvalue weighted by Gasteiger charge is 2.55. The van der Waals surface area contributed by atoms with Crippen molar-refractivity contribution in [3.63, 3.8) is 0 Å². The molecule has 268 valence electrons. The molecular weight excluding hydrogens is 648 g/mol. The van der Waals surface area contributed by atoms with Crippen molar-refractivity contribution < 1.29 is 37.6 Å². The first-order valence-electron chi connectivity index (χ1n) is 17.2. The normalized spacial score (nSPS) is 24.8. The zero-order chi connectivity index (χ0) is 35.7. The molecule has 0 bridgehead atoms. The van der Waals surface area contributed by atoms with Crippen molar-refractivity contribution in [2.45, 2.75) is 96.0 Å². The molecule has 50 heavy (non-hydrogen) atoms. The van der Waals surface area contributed by atoms with Crippen LogP contribution >= 0.6 is 0 Å². The minimum absolute atomic E-state index is 0.0548. The molecule has 1 saturated carbocycles. The predicted octanol–water partition coefficient (Wildman–Crippen LogP) is 7.31. The average molecular weight is 694 g/mol. The second kappa shape index (κ2) is 14.1. The Morgan fingerprint density at radius 3 is 2.46 bits per heavy atom. The summed E-state index contributed by atoms with van der Waals surface area (Å²) in [6.07, 6.45) is 4.42. The lowest BCUT2D eigenvalue weighted by Crippen LogP contribution is -2.54. The molecule has 1 aliphatic carbocycles. The fraction of sp³-hybridized carbons (Fsp3) is 0.486. The van der Waals surface area contributed by atoms with Crippen LogP contribution in [0.2, 0.25) is 0 Å². The van der Waals surface area contributed by atoms with Crippen molar-refractivity contribution in [2.75, 3.05) is 18.4 Å². The SMILES string of the molecule is C=CCC(CC)[C@@]1(C)OO[C@@]2(CCCC(OC(=O)NCC(=O)N3CCn4c(nc(-c5ccc(F)cc5)c4Nc4ccc(F)cc4)C3(C)C)C2)O1. The standard InChI is InChI=1S/C37H45F2N5O6/c1-6-9-25(7-2)36(5)48-37(50-49-36)19-8-10-29(22-37)47-34(46)40-23-30(45)44-21-20-43-32(41-28-17-15-27(39)16-18-28)31(42-33(43)35(44,3)4)24-11-13-26(38)14-12-24/h6,11-18,25,29,41H,1,7-10,19-23H2,2-5H3,(H,40,46)/t25?,29?,36-,37-/m1/s1. The number of imidazole rings is 1. The fourth-order valence-electron chi connectivity index (χ4n) is 7.30. The number of alkyl carbamates (subject to hydrolysis) is 1. The van der Waals surface area contributed by atoms with Crippen LogP contribution in [-0.4, -0.2) is 57.2 Å². The van der Waals surface area contributed by atoms with Gasteiger partial charge >= 0.3 is 6.09 Å². The summed E-state index contributed by atoms with van der Waals surface area (Å²) in [4.78, 5) is 44.7. The third-order valence-corrected chi connectivity index (χ3v) is 9.98. The number of nitrogens with one attached hydrogen (secondary N) is 2. The van der Waals surface area contributed by atoms with Gasteiger partial charge in [-0.05, 0) is 95.0 Å². The minimum atomic E-state index is -1.01. The summed E-state index contributed by atoms with van der Waals surface area (Å²) in [6, 6.07) is 12.0. The maximum atomic E-state index is 13.8. The van der Waals surface area contributed by atoms with Gasteiger partial charge in [-0.15, -0.1) is 6.58 Å². The fourth-order valence-corrected chi connectivity index (χ4v) is 7.30. The van der Waals surface area contributed by atoms with E-state index in [1.54, 1.807) is 29.2 Å². The Balaban J connectivity index is 1.11. The van der Waals surface area contributed by atoms with E-state index in [-0.39, 0.29) is 30.0 Å². The van der Waals surface area contributed by atoms with Gasteiger partial charge < -0.3 is 29.6 Å². The van der Waals surface area contributed by atoms with Gasteiger partial charge in [-0.1, -0.05) is 13.0 Å². The average Bonchev–Trinajstić information content (AvgIpc) is 3.62. The first-order chi connectivity index (χ1) is 23.9. The van der Waals surface area contributed by atoms with Crippen LogP contribution in [-0.2, 0) is 36.1 Å². The summed E-state index contributed by atoms with van der Waals surface area (Å²) in [6.45, 7) is 12.0. The topological polar surface area (TPSA) is 116 Å². The maximum absolute atomic E-state index is 13.8. The summed E-state index contributed by atoms with van der Waals surface area (Å²) in [5.74, 6) is -1.71. The molecule has 2 aliphatic heterocycles. The molecule has 11 nitrogen and oxygen atoms in total. The molecule has 13 heteroatoms. The van der Waals surface area contributed by atoms with Crippen molar-refractivity contribution >= 4 is 23.5 Å². The third-order valence-electron chi connectivity index (χ3n) is 9.98. The maximum Gasteiger partial charge on any atom is 0.407 e. The van der Waals surface area contributed by atoms with E-state index < -0.39 is 29.3 Å². The van der Waals surface area contributed by atoms with E-state index >= 15 is 0 Å². The van der Waals surface area contributed by atoms with E-state index in [9.17, 15) is 18.4 Å². The number of amides is 2. The highest BCUT2D eigenvalue weighted by Crippen LogP contribution is 2.47. The van der Waals surface area contributed by atoms with Crippen LogP contribution < -0.4 is 10.6 Å². The number of fused-ring (bicyclic) bond motifs is 1. The summed E-state index contributed by atoms with van der Waals surface area (Å²) < 4.78 is 41.6. The van der Waals surface area contributed by atoms with Crippen LogP contribution in [0.15, 0.2) is 61.2 Å². The molecule has 1 spiro atoms. The zero-order valence-corrected chi connectivity index (χ0v) is 29.0. The number of rotatable bonds is 10. The summed E-state index contributed by atoms with van der Waals surface area (Å²) >= 11 is 0. The number of aromatic nitrogens is 2. The molecule has 1 aromatic heterocycles. The molecule has 2 aromatic carbocycles. The Kier molecular flexibility index (Phi) is 10.0. The zero-order valence-electron chi connectivity index (χ0n) is 29.0. The number of ether oxygens (including phenoxy) is 2. The van der Waals surface area contributed by atoms with E-state index in [1.807, 2.05) is 31.4 Å². The second-order valence-corrected chi connectivity index (χ2v) is 13.8. The van der Waals surface area contributed by atoms with Gasteiger partial charge in [-0.25, -0.2) is 18.6 Å². The number of benzene rings is 2. The van der Waals surface area contributed by atoms with E-state index in [2.05, 4.69) is 24.1 Å². The number of carbonyl (C=O) groups is 2. The quantitative estimate of drug-likeness (QED) is 0.168. The highest BCUT2D eigenvalue weighted by atomic mass is 19.1. The predicted molar refractivity (Wildman–Crippen MR) is 182 cm³/mol. The summed E-state index contributed by atoms with van der Waals surface area (Å²) in [5.41, 5.74) is 0.989. The van der Waals surface area contributed by atoms with Crippen LogP contribution in [0.5, 0.6) is 0 Å². The van der Waals surface area contributed by atoms with Gasteiger partial charge in [-0.2, -0.15) is 9.78 Å². The van der Waals surface area contributed by atoms with Crippen molar-refractivity contribution in [2.24, 2.45) is 5.92 Å². The largest absolute Gasteiger partial charge is 0.446 e. The lowest BCUT2D eigenvalue weighted by Gasteiger charge is -2.42. The molecule has 2 fully saturated rings. The van der Waals surface area contributed by atoms with Gasteiger partial charge in [0.1, 0.15) is 41.6 Å². The van der Waals surface area contributed by atoms with Gasteiger partial charge in [0.25, 0.3) is 0 Å². The Hall–Kier alpha value is -4.33. The molecule has 4 atom stereocenters. The minimum Gasteiger partial charge on any atom is -0.446 e. The monoisotopic (exact) mass is 693 g/mol. The smallest absolute Gasteiger partial charge is 0.407 e. The van der Waals surface area contributed by atoms with E-state index in [4.69, 9.17) is 24.2 Å². The molecule has 2 N–H and O–H groups in total. The Morgan fingerprint density at radius 2 is 1.78 bits per heavy atom. The number of hydrogen-bond acceptors (Lipinski definition) is 8. The lowest BCUT2D eigenvalue weighted by molar-refractivity contribution is -0.361. The van der Waals surface area contributed by atoms with Gasteiger partial charge in [0, 0.05) is 43.1 Å². The number of carbonyl (C=O) groups excluding carboxylic acids is 2. The van der Waals surface area contributed by atoms with Crippen molar-refractivity contribution in [1.29, 1.82) is 0 Å². The van der Waals surface area contributed by atoms with Crippen molar-refractivity contribution in [3.8, 4) is 11.3 Å². The van der Waals surface area contributed by atoms with Crippen LogP contribution in [0, 0.1) is 17.6 Å². The lowest BCUT2D eigenvalue weighted by atomic mass is 9.89. The van der Waals surface area contributed by atoms with Crippen LogP contribution in [0.25, 0.3) is 11.3 Å². The first kappa shape index (κ1) is 35.5. The Bertz CT molecular complexity index is 1710. The number of allylic oxidation sites excluding steroid dienone is 1. The number of nitrogens with zero attached hydrogens (tertiary/aromatic N) is 3. The summed E-state index contributed by atoms with van der Waals surface area (Å²) in [5, 5.41) is 5.98. The first-order valence-corrected chi connectivity index (χ1v) is 17.2. The highest BCUT2D eigenvalue weighted by molar-refractivity contribution is 5.83. The van der Waals surface area contributed by atoms with Crippen LogP contribution in [0.3, 0.4) is 0 Å². The van der Waals surface area contributed by atoms with E-state index in [0.717, 1.165) is 6.42 Å². The number of anilines is 2. The van der Waals surface area contributed by atoms with Crippen LogP contribution in [0.1, 0.15) is 72.0 Å². The van der Waals surface area contributed by atoms with Crippen molar-refractivity contribution in [3.05, 3.63) is 78.6 Å². The molecule has 3 aromatic rings. The molecule has 3 aliphatic rings. The number of halogens is 2. The Labute approximate surface area is 290 Å². The molecule has 1 saturated heterocycles. The molecule has 0 radical (unpaired) electrons.